The molecule has 1 fully saturated rings. The van der Waals surface area contributed by atoms with Gasteiger partial charge in [-0.1, -0.05) is 60.7 Å². The molecule has 0 unspecified atom stereocenters. The molecule has 4 aliphatic rings. The van der Waals surface area contributed by atoms with E-state index in [0.29, 0.717) is 16.9 Å². The molecule has 38 heavy (non-hydrogen) atoms. The predicted molar refractivity (Wildman–Crippen MR) is 146 cm³/mol. The van der Waals surface area contributed by atoms with Gasteiger partial charge in [0.05, 0.1) is 17.5 Å². The topological polar surface area (TPSA) is 66.5 Å². The molecule has 3 aliphatic carbocycles. The molecule has 0 aromatic heterocycles. The van der Waals surface area contributed by atoms with Gasteiger partial charge >= 0.3 is 0 Å². The number of anilines is 2. The Hall–Kier alpha value is -4.51. The van der Waals surface area contributed by atoms with E-state index in [1.807, 2.05) is 56.3 Å². The number of carbonyl (C=O) groups excluding carboxylic acids is 3. The third-order valence-electron chi connectivity index (χ3n) is 8.58. The third-order valence-corrected chi connectivity index (χ3v) is 8.58. The van der Waals surface area contributed by atoms with Crippen molar-refractivity contribution in [3.8, 4) is 0 Å². The van der Waals surface area contributed by atoms with Gasteiger partial charge in [-0.3, -0.25) is 14.4 Å². The Labute approximate surface area is 221 Å². The van der Waals surface area contributed by atoms with Crippen LogP contribution >= 0.6 is 0 Å². The number of aryl methyl sites for hydroxylation is 2. The molecule has 0 radical (unpaired) electrons. The lowest BCUT2D eigenvalue weighted by Crippen LogP contribution is -2.41. The van der Waals surface area contributed by atoms with Gasteiger partial charge in [0.15, 0.2) is 0 Å². The molecule has 5 nitrogen and oxygen atoms in total. The summed E-state index contributed by atoms with van der Waals surface area (Å²) >= 11 is 0. The largest absolute Gasteiger partial charge is 0.322 e. The Kier molecular flexibility index (Phi) is 4.92. The lowest BCUT2D eigenvalue weighted by Gasteiger charge is -2.45. The highest BCUT2D eigenvalue weighted by atomic mass is 16.2. The van der Waals surface area contributed by atoms with E-state index in [9.17, 15) is 14.4 Å². The second kappa shape index (κ2) is 8.25. The molecule has 5 heteroatoms. The molecule has 4 aromatic carbocycles. The Morgan fingerprint density at radius 1 is 0.658 bits per heavy atom. The monoisotopic (exact) mass is 498 g/mol. The van der Waals surface area contributed by atoms with E-state index in [0.717, 1.165) is 33.4 Å². The predicted octanol–water partition coefficient (Wildman–Crippen LogP) is 5.95. The maximum atomic E-state index is 14.0. The van der Waals surface area contributed by atoms with Crippen molar-refractivity contribution >= 4 is 29.1 Å². The van der Waals surface area contributed by atoms with Crippen LogP contribution in [0.25, 0.3) is 0 Å². The van der Waals surface area contributed by atoms with Crippen molar-refractivity contribution in [1.29, 1.82) is 0 Å². The number of benzene rings is 4. The van der Waals surface area contributed by atoms with E-state index in [4.69, 9.17) is 0 Å². The third kappa shape index (κ3) is 3.14. The second-order valence-electron chi connectivity index (χ2n) is 10.6. The van der Waals surface area contributed by atoms with E-state index in [1.54, 1.807) is 24.3 Å². The molecule has 1 aliphatic heterocycles. The fourth-order valence-corrected chi connectivity index (χ4v) is 6.74. The Morgan fingerprint density at radius 3 is 1.74 bits per heavy atom. The average Bonchev–Trinajstić information content (AvgIpc) is 3.21. The van der Waals surface area contributed by atoms with Crippen LogP contribution in [0.1, 0.15) is 55.6 Å². The SMILES string of the molecule is Cc1ccc(NC(=O)c2cccc(N3C(=O)[C@H]4C5c6ccccc6C(c6ccccc65)[C@@H]4C3=O)c2)cc1C. The maximum Gasteiger partial charge on any atom is 0.255 e. The number of hydrogen-bond acceptors (Lipinski definition) is 3. The van der Waals surface area contributed by atoms with Gasteiger partial charge in [0.25, 0.3) is 5.91 Å². The first-order valence-electron chi connectivity index (χ1n) is 13.0. The molecule has 2 bridgehead atoms. The van der Waals surface area contributed by atoms with Crippen molar-refractivity contribution in [1.82, 2.24) is 0 Å². The van der Waals surface area contributed by atoms with Crippen molar-refractivity contribution in [3.05, 3.63) is 130 Å². The van der Waals surface area contributed by atoms with Gasteiger partial charge in [0, 0.05) is 23.1 Å². The molecular formula is C33H26N2O3. The molecule has 2 atom stereocenters. The lowest BCUT2D eigenvalue weighted by atomic mass is 9.55. The first-order valence-corrected chi connectivity index (χ1v) is 13.0. The molecule has 0 spiro atoms. The van der Waals surface area contributed by atoms with E-state index in [-0.39, 0.29) is 29.6 Å². The van der Waals surface area contributed by atoms with Crippen LogP contribution in [-0.2, 0) is 9.59 Å². The Balaban J connectivity index is 1.25. The zero-order chi connectivity index (χ0) is 26.1. The van der Waals surface area contributed by atoms with Crippen LogP contribution < -0.4 is 10.2 Å². The van der Waals surface area contributed by atoms with Gasteiger partial charge in [-0.2, -0.15) is 0 Å². The lowest BCUT2D eigenvalue weighted by molar-refractivity contribution is -0.122. The van der Waals surface area contributed by atoms with E-state index >= 15 is 0 Å². The number of nitrogens with zero attached hydrogens (tertiary/aromatic N) is 1. The van der Waals surface area contributed by atoms with Gasteiger partial charge in [0.1, 0.15) is 0 Å². The highest BCUT2D eigenvalue weighted by Crippen LogP contribution is 2.61. The number of nitrogens with one attached hydrogen (secondary N) is 1. The standard InChI is InChI=1S/C33H26N2O3/c1-18-14-15-21(16-19(18)2)34-31(36)20-8-7-9-22(17-20)35-32(37)29-27-23-10-3-4-11-24(23)28(30(29)33(35)38)26-13-6-5-12-25(26)27/h3-17,27-30H,1-2H3,(H,34,36)/t27?,28?,29-,30-/m0/s1. The van der Waals surface area contributed by atoms with Crippen molar-refractivity contribution in [2.45, 2.75) is 25.7 Å². The summed E-state index contributed by atoms with van der Waals surface area (Å²) in [4.78, 5) is 42.4. The van der Waals surface area contributed by atoms with Crippen LogP contribution in [0.4, 0.5) is 11.4 Å². The van der Waals surface area contributed by atoms with Crippen LogP contribution in [-0.4, -0.2) is 17.7 Å². The van der Waals surface area contributed by atoms with Crippen LogP contribution in [0.2, 0.25) is 0 Å². The van der Waals surface area contributed by atoms with Gasteiger partial charge in [-0.15, -0.1) is 0 Å². The number of hydrogen-bond donors (Lipinski definition) is 1. The van der Waals surface area contributed by atoms with Crippen LogP contribution in [0, 0.1) is 25.7 Å². The van der Waals surface area contributed by atoms with Gasteiger partial charge < -0.3 is 5.32 Å². The number of rotatable bonds is 3. The van der Waals surface area contributed by atoms with E-state index in [1.165, 1.54) is 4.90 Å². The van der Waals surface area contributed by atoms with E-state index in [2.05, 4.69) is 29.6 Å². The summed E-state index contributed by atoms with van der Waals surface area (Å²) in [6.45, 7) is 4.02. The molecule has 8 rings (SSSR count). The average molecular weight is 499 g/mol. The smallest absolute Gasteiger partial charge is 0.255 e. The molecule has 1 N–H and O–H groups in total. The number of imide groups is 1. The van der Waals surface area contributed by atoms with Gasteiger partial charge in [-0.25, -0.2) is 4.90 Å². The van der Waals surface area contributed by atoms with Gasteiger partial charge in [-0.05, 0) is 77.6 Å². The molecular weight excluding hydrogens is 472 g/mol. The molecule has 0 saturated carbocycles. The summed E-state index contributed by atoms with van der Waals surface area (Å²) in [6.07, 6.45) is 0. The van der Waals surface area contributed by atoms with Crippen LogP contribution in [0.15, 0.2) is 91.0 Å². The molecule has 4 aromatic rings. The Bertz CT molecular complexity index is 1560. The highest BCUT2D eigenvalue weighted by Gasteiger charge is 2.61. The molecule has 1 heterocycles. The second-order valence-corrected chi connectivity index (χ2v) is 10.6. The number of amides is 3. The van der Waals surface area contributed by atoms with Crippen molar-refractivity contribution in [2.75, 3.05) is 10.2 Å². The number of carbonyl (C=O) groups is 3. The summed E-state index contributed by atoms with van der Waals surface area (Å²) in [6, 6.07) is 29.0. The summed E-state index contributed by atoms with van der Waals surface area (Å²) in [5.74, 6) is -1.89. The van der Waals surface area contributed by atoms with Crippen molar-refractivity contribution < 1.29 is 14.4 Å². The molecule has 1 saturated heterocycles. The van der Waals surface area contributed by atoms with Crippen molar-refractivity contribution in [2.24, 2.45) is 11.8 Å². The minimum absolute atomic E-state index is 0.157. The first kappa shape index (κ1) is 22.7. The highest BCUT2D eigenvalue weighted by molar-refractivity contribution is 6.23. The summed E-state index contributed by atoms with van der Waals surface area (Å²) in [5.41, 5.74) is 8.34. The van der Waals surface area contributed by atoms with Gasteiger partial charge in [0.2, 0.25) is 11.8 Å². The zero-order valence-electron chi connectivity index (χ0n) is 21.1. The first-order chi connectivity index (χ1) is 18.4. The summed E-state index contributed by atoms with van der Waals surface area (Å²) < 4.78 is 0. The fourth-order valence-electron chi connectivity index (χ4n) is 6.74. The minimum atomic E-state index is -0.453. The minimum Gasteiger partial charge on any atom is -0.322 e. The van der Waals surface area contributed by atoms with Crippen LogP contribution in [0.5, 0.6) is 0 Å². The normalized spacial score (nSPS) is 22.6. The summed E-state index contributed by atoms with van der Waals surface area (Å²) in [5, 5.41) is 2.94. The zero-order valence-corrected chi connectivity index (χ0v) is 21.1. The quantitative estimate of drug-likeness (QED) is 0.355. The summed E-state index contributed by atoms with van der Waals surface area (Å²) in [7, 11) is 0. The van der Waals surface area contributed by atoms with E-state index < -0.39 is 11.8 Å². The van der Waals surface area contributed by atoms with Crippen LogP contribution in [0.3, 0.4) is 0 Å². The molecule has 3 amide bonds. The molecule has 186 valence electrons. The fraction of sp³-hybridized carbons (Fsp3) is 0.182. The van der Waals surface area contributed by atoms with Crippen molar-refractivity contribution in [3.63, 3.8) is 0 Å². The Morgan fingerprint density at radius 2 is 1.21 bits per heavy atom. The maximum absolute atomic E-state index is 14.0.